The van der Waals surface area contributed by atoms with Crippen LogP contribution in [0, 0.1) is 5.41 Å². The number of primary amides is 1. The molecular formula is C13H8F6N2O3. The van der Waals surface area contributed by atoms with Crippen LogP contribution in [-0.4, -0.2) is 35.9 Å². The van der Waals surface area contributed by atoms with E-state index in [2.05, 4.69) is 15.7 Å². The third kappa shape index (κ3) is 2.49. The van der Waals surface area contributed by atoms with Crippen molar-refractivity contribution in [2.24, 2.45) is 16.3 Å². The number of halogens is 6. The summed E-state index contributed by atoms with van der Waals surface area (Å²) in [5, 5.41) is 2.63. The van der Waals surface area contributed by atoms with Gasteiger partial charge in [-0.3, -0.25) is 9.59 Å². The SMILES string of the molecule is NC(=O)C1(C(F)(F)F)C(C(=O)c2ccccc2)=NOC1C(F)(F)F. The molecular weight excluding hydrogens is 346 g/mol. The Morgan fingerprint density at radius 2 is 1.62 bits per heavy atom. The molecule has 1 aromatic rings. The molecule has 2 atom stereocenters. The molecule has 2 unspecified atom stereocenters. The molecule has 0 bridgehead atoms. The lowest BCUT2D eigenvalue weighted by Crippen LogP contribution is -2.64. The van der Waals surface area contributed by atoms with Gasteiger partial charge in [0.15, 0.2) is 5.71 Å². The lowest BCUT2D eigenvalue weighted by Gasteiger charge is -2.33. The van der Waals surface area contributed by atoms with E-state index in [4.69, 9.17) is 0 Å². The largest absolute Gasteiger partial charge is 0.429 e. The van der Waals surface area contributed by atoms with Crippen LogP contribution in [0.25, 0.3) is 0 Å². The number of carbonyl (C=O) groups excluding carboxylic acids is 2. The number of Topliss-reactive ketones (excluding diaryl/α,β-unsaturated/α-hetero) is 1. The van der Waals surface area contributed by atoms with E-state index < -0.39 is 46.8 Å². The van der Waals surface area contributed by atoms with Crippen LogP contribution >= 0.6 is 0 Å². The van der Waals surface area contributed by atoms with Gasteiger partial charge in [0.05, 0.1) is 0 Å². The van der Waals surface area contributed by atoms with Gasteiger partial charge in [-0.25, -0.2) is 0 Å². The summed E-state index contributed by atoms with van der Waals surface area (Å²) in [6.45, 7) is 0. The van der Waals surface area contributed by atoms with Crippen LogP contribution in [0.15, 0.2) is 35.5 Å². The van der Waals surface area contributed by atoms with Gasteiger partial charge in [-0.15, -0.1) is 0 Å². The highest BCUT2D eigenvalue weighted by atomic mass is 19.4. The average molecular weight is 354 g/mol. The molecule has 2 N–H and O–H groups in total. The maximum Gasteiger partial charge on any atom is 0.429 e. The normalized spacial score (nSPS) is 24.2. The molecule has 1 aliphatic rings. The minimum Gasteiger partial charge on any atom is -0.380 e. The Balaban J connectivity index is 2.67. The number of hydrogen-bond acceptors (Lipinski definition) is 4. The maximum absolute atomic E-state index is 13.5. The summed E-state index contributed by atoms with van der Waals surface area (Å²) in [5.74, 6) is -3.98. The first-order valence-corrected chi connectivity index (χ1v) is 6.21. The highest BCUT2D eigenvalue weighted by molar-refractivity contribution is 6.51. The Morgan fingerprint density at radius 3 is 2.04 bits per heavy atom. The van der Waals surface area contributed by atoms with E-state index in [0.29, 0.717) is 0 Å². The summed E-state index contributed by atoms with van der Waals surface area (Å²) in [4.78, 5) is 27.5. The molecule has 0 saturated heterocycles. The Kier molecular flexibility index (Phi) is 4.07. The molecule has 0 fully saturated rings. The first-order valence-electron chi connectivity index (χ1n) is 6.21. The van der Waals surface area contributed by atoms with E-state index in [1.54, 1.807) is 0 Å². The highest BCUT2D eigenvalue weighted by Crippen LogP contribution is 2.52. The predicted octanol–water partition coefficient (Wildman–Crippen LogP) is 2.22. The Hall–Kier alpha value is -2.59. The fourth-order valence-corrected chi connectivity index (χ4v) is 2.30. The summed E-state index contributed by atoms with van der Waals surface area (Å²) in [7, 11) is 0. The summed E-state index contributed by atoms with van der Waals surface area (Å²) in [6.07, 6.45) is -15.3. The molecule has 1 amide bonds. The molecule has 5 nitrogen and oxygen atoms in total. The number of nitrogens with zero attached hydrogens (tertiary/aromatic N) is 1. The van der Waals surface area contributed by atoms with Crippen molar-refractivity contribution in [2.45, 2.75) is 18.5 Å². The molecule has 24 heavy (non-hydrogen) atoms. The van der Waals surface area contributed by atoms with Gasteiger partial charge in [0.2, 0.25) is 17.1 Å². The zero-order chi connectivity index (χ0) is 18.3. The van der Waals surface area contributed by atoms with Crippen molar-refractivity contribution in [3.8, 4) is 0 Å². The second-order valence-electron chi connectivity index (χ2n) is 4.83. The quantitative estimate of drug-likeness (QED) is 0.668. The highest BCUT2D eigenvalue weighted by Gasteiger charge is 2.78. The summed E-state index contributed by atoms with van der Waals surface area (Å²) in [6, 6.07) is 6.06. The zero-order valence-electron chi connectivity index (χ0n) is 11.5. The molecule has 1 aromatic carbocycles. The van der Waals surface area contributed by atoms with Crippen molar-refractivity contribution in [3.63, 3.8) is 0 Å². The number of benzene rings is 1. The monoisotopic (exact) mass is 354 g/mol. The van der Waals surface area contributed by atoms with Gasteiger partial charge in [-0.2, -0.15) is 26.3 Å². The molecule has 0 aliphatic carbocycles. The van der Waals surface area contributed by atoms with Gasteiger partial charge in [0.1, 0.15) is 0 Å². The Morgan fingerprint density at radius 1 is 1.08 bits per heavy atom. The fourth-order valence-electron chi connectivity index (χ4n) is 2.30. The average Bonchev–Trinajstić information content (AvgIpc) is 2.88. The minimum atomic E-state index is -5.86. The van der Waals surface area contributed by atoms with E-state index >= 15 is 0 Å². The van der Waals surface area contributed by atoms with E-state index in [1.807, 2.05) is 0 Å². The van der Waals surface area contributed by atoms with Crippen molar-refractivity contribution in [1.82, 2.24) is 0 Å². The summed E-state index contributed by atoms with van der Waals surface area (Å²) in [5.41, 5.74) is -1.95. The van der Waals surface area contributed by atoms with Crippen LogP contribution in [-0.2, 0) is 9.63 Å². The second kappa shape index (κ2) is 5.49. The fraction of sp³-hybridized carbons (Fsp3) is 0.308. The molecule has 2 rings (SSSR count). The van der Waals surface area contributed by atoms with Crippen molar-refractivity contribution in [3.05, 3.63) is 35.9 Å². The molecule has 1 aliphatic heterocycles. The van der Waals surface area contributed by atoms with Gasteiger partial charge >= 0.3 is 12.4 Å². The van der Waals surface area contributed by atoms with Crippen molar-refractivity contribution >= 4 is 17.4 Å². The van der Waals surface area contributed by atoms with Crippen LogP contribution in [0.2, 0.25) is 0 Å². The molecule has 11 heteroatoms. The Labute approximate surface area is 130 Å². The number of rotatable bonds is 3. The number of nitrogens with two attached hydrogens (primary N) is 1. The number of hydrogen-bond donors (Lipinski definition) is 1. The molecule has 0 spiro atoms. The van der Waals surface area contributed by atoms with Crippen LogP contribution in [0.1, 0.15) is 10.4 Å². The van der Waals surface area contributed by atoms with Gasteiger partial charge in [-0.1, -0.05) is 35.5 Å². The topological polar surface area (TPSA) is 81.8 Å². The van der Waals surface area contributed by atoms with E-state index in [9.17, 15) is 35.9 Å². The van der Waals surface area contributed by atoms with Crippen molar-refractivity contribution in [1.29, 1.82) is 0 Å². The summed E-state index contributed by atoms with van der Waals surface area (Å²) < 4.78 is 79.3. The predicted molar refractivity (Wildman–Crippen MR) is 66.8 cm³/mol. The van der Waals surface area contributed by atoms with Crippen LogP contribution in [0.3, 0.4) is 0 Å². The van der Waals surface area contributed by atoms with Gasteiger partial charge in [0.25, 0.3) is 6.10 Å². The molecule has 0 aromatic heterocycles. The summed E-state index contributed by atoms with van der Waals surface area (Å²) >= 11 is 0. The zero-order valence-corrected chi connectivity index (χ0v) is 11.5. The van der Waals surface area contributed by atoms with Gasteiger partial charge < -0.3 is 10.6 Å². The van der Waals surface area contributed by atoms with Crippen LogP contribution < -0.4 is 5.73 Å². The number of ketones is 1. The number of oxime groups is 1. The van der Waals surface area contributed by atoms with Crippen molar-refractivity contribution < 1.29 is 40.8 Å². The smallest absolute Gasteiger partial charge is 0.380 e. The minimum absolute atomic E-state index is 0.405. The van der Waals surface area contributed by atoms with Gasteiger partial charge in [-0.05, 0) is 0 Å². The van der Waals surface area contributed by atoms with E-state index in [-0.39, 0.29) is 0 Å². The first-order chi connectivity index (χ1) is 10.9. The van der Waals surface area contributed by atoms with Crippen LogP contribution in [0.5, 0.6) is 0 Å². The number of carbonyl (C=O) groups is 2. The third-order valence-electron chi connectivity index (χ3n) is 3.40. The van der Waals surface area contributed by atoms with E-state index in [0.717, 1.165) is 12.1 Å². The number of alkyl halides is 6. The lowest BCUT2D eigenvalue weighted by molar-refractivity contribution is -0.286. The third-order valence-corrected chi connectivity index (χ3v) is 3.40. The first kappa shape index (κ1) is 17.8. The Bertz CT molecular complexity index is 698. The second-order valence-corrected chi connectivity index (χ2v) is 4.83. The van der Waals surface area contributed by atoms with E-state index in [1.165, 1.54) is 18.2 Å². The van der Waals surface area contributed by atoms with Gasteiger partial charge in [0, 0.05) is 5.56 Å². The molecule has 130 valence electrons. The maximum atomic E-state index is 13.5. The van der Waals surface area contributed by atoms with Crippen molar-refractivity contribution in [2.75, 3.05) is 0 Å². The molecule has 0 radical (unpaired) electrons. The standard InChI is InChI=1S/C13H8F6N2O3/c14-12(15,16)9-11(10(20)23,13(17,18)19)8(21-24-9)7(22)6-4-2-1-3-5-6/h1-5,9H,(H2,20,23). The molecule has 0 saturated carbocycles. The van der Waals surface area contributed by atoms with Crippen LogP contribution in [0.4, 0.5) is 26.3 Å². The lowest BCUT2D eigenvalue weighted by atomic mass is 9.73. The number of amides is 1. The molecule has 1 heterocycles.